The second-order valence-electron chi connectivity index (χ2n) is 4.55. The number of benzene rings is 1. The van der Waals surface area contributed by atoms with Crippen molar-refractivity contribution in [1.82, 2.24) is 0 Å². The van der Waals surface area contributed by atoms with E-state index in [0.29, 0.717) is 10.9 Å². The average molecular weight is 281 g/mol. The maximum Gasteiger partial charge on any atom is 0.335 e. The molecule has 0 spiro atoms. The minimum absolute atomic E-state index is 0.0564. The van der Waals surface area contributed by atoms with E-state index in [0.717, 1.165) is 13.0 Å². The number of aromatic carboxylic acids is 1. The number of anilines is 1. The maximum absolute atomic E-state index is 12.1. The highest BCUT2D eigenvalue weighted by molar-refractivity contribution is 7.99. The van der Waals surface area contributed by atoms with Crippen LogP contribution in [0, 0.1) is 0 Å². The molecule has 1 aliphatic heterocycles. The van der Waals surface area contributed by atoms with Gasteiger partial charge >= 0.3 is 5.97 Å². The standard InChI is InChI=1S/C13H16N2O3S/c1-19-10-6-11(14-7-10)12(16)15-9-4-2-3-8(5-9)13(17)18/h2-5,10-11,14H,6-7H2,1H3,(H,15,16)(H,17,18)/p+1/t10-,11-/m0/s1. The molecule has 1 aromatic carbocycles. The van der Waals surface area contributed by atoms with Crippen LogP contribution in [-0.2, 0) is 4.79 Å². The molecule has 19 heavy (non-hydrogen) atoms. The van der Waals surface area contributed by atoms with Crippen molar-refractivity contribution >= 4 is 29.3 Å². The van der Waals surface area contributed by atoms with Gasteiger partial charge in [0.2, 0.25) is 0 Å². The van der Waals surface area contributed by atoms with Crippen molar-refractivity contribution in [1.29, 1.82) is 0 Å². The Morgan fingerprint density at radius 2 is 2.26 bits per heavy atom. The Morgan fingerprint density at radius 1 is 1.47 bits per heavy atom. The van der Waals surface area contributed by atoms with Gasteiger partial charge in [0.15, 0.2) is 6.04 Å². The van der Waals surface area contributed by atoms with E-state index >= 15 is 0 Å². The first-order valence-electron chi connectivity index (χ1n) is 6.10. The third-order valence-electron chi connectivity index (χ3n) is 3.25. The summed E-state index contributed by atoms with van der Waals surface area (Å²) >= 11 is 1.78. The lowest BCUT2D eigenvalue weighted by atomic mass is 10.1. The Hall–Kier alpha value is -1.53. The highest BCUT2D eigenvalue weighted by Gasteiger charge is 2.33. The molecule has 0 bridgehead atoms. The molecular weight excluding hydrogens is 264 g/mol. The zero-order chi connectivity index (χ0) is 13.8. The third-order valence-corrected chi connectivity index (χ3v) is 4.30. The number of carboxylic acid groups (broad SMARTS) is 1. The lowest BCUT2D eigenvalue weighted by molar-refractivity contribution is -0.656. The van der Waals surface area contributed by atoms with Gasteiger partial charge in [-0.2, -0.15) is 11.8 Å². The molecule has 0 unspecified atom stereocenters. The molecule has 1 saturated heterocycles. The zero-order valence-electron chi connectivity index (χ0n) is 10.6. The van der Waals surface area contributed by atoms with Gasteiger partial charge in [-0.05, 0) is 24.5 Å². The molecule has 1 aliphatic rings. The molecule has 102 valence electrons. The molecule has 0 aliphatic carbocycles. The summed E-state index contributed by atoms with van der Waals surface area (Å²) in [6, 6.07) is 6.23. The molecule has 0 radical (unpaired) electrons. The highest BCUT2D eigenvalue weighted by atomic mass is 32.2. The molecule has 1 fully saturated rings. The van der Waals surface area contributed by atoms with Gasteiger partial charge < -0.3 is 15.7 Å². The Bertz CT molecular complexity index is 493. The summed E-state index contributed by atoms with van der Waals surface area (Å²) in [5.74, 6) is -1.05. The van der Waals surface area contributed by atoms with Crippen LogP contribution in [0.3, 0.4) is 0 Å². The fourth-order valence-corrected chi connectivity index (χ4v) is 2.87. The number of hydrogen-bond acceptors (Lipinski definition) is 3. The normalized spacial score (nSPS) is 22.2. The second-order valence-corrected chi connectivity index (χ2v) is 5.68. The molecule has 1 aromatic rings. The Kier molecular flexibility index (Phi) is 4.44. The first-order chi connectivity index (χ1) is 9.10. The highest BCUT2D eigenvalue weighted by Crippen LogP contribution is 2.16. The maximum atomic E-state index is 12.1. The van der Waals surface area contributed by atoms with E-state index in [1.54, 1.807) is 23.9 Å². The Morgan fingerprint density at radius 3 is 2.89 bits per heavy atom. The molecule has 0 saturated carbocycles. The summed E-state index contributed by atoms with van der Waals surface area (Å²) in [5, 5.41) is 14.2. The smallest absolute Gasteiger partial charge is 0.335 e. The molecule has 0 aromatic heterocycles. The number of amides is 1. The predicted octanol–water partition coefficient (Wildman–Crippen LogP) is 0.391. The minimum atomic E-state index is -0.994. The largest absolute Gasteiger partial charge is 0.478 e. The van der Waals surface area contributed by atoms with Crippen LogP contribution in [0.5, 0.6) is 0 Å². The molecule has 5 nitrogen and oxygen atoms in total. The van der Waals surface area contributed by atoms with Crippen molar-refractivity contribution in [3.8, 4) is 0 Å². The number of carbonyl (C=O) groups excluding carboxylic acids is 1. The Balaban J connectivity index is 1.99. The van der Waals surface area contributed by atoms with Crippen molar-refractivity contribution in [2.75, 3.05) is 18.1 Å². The van der Waals surface area contributed by atoms with Crippen molar-refractivity contribution in [3.63, 3.8) is 0 Å². The first kappa shape index (κ1) is 13.9. The van der Waals surface area contributed by atoms with Gasteiger partial charge in [-0.25, -0.2) is 4.79 Å². The van der Waals surface area contributed by atoms with Gasteiger partial charge in [0.05, 0.1) is 17.4 Å². The number of carboxylic acids is 1. The lowest BCUT2D eigenvalue weighted by Crippen LogP contribution is -2.89. The van der Waals surface area contributed by atoms with Gasteiger partial charge in [0.25, 0.3) is 5.91 Å². The predicted molar refractivity (Wildman–Crippen MR) is 74.5 cm³/mol. The number of carbonyl (C=O) groups is 2. The van der Waals surface area contributed by atoms with E-state index in [1.165, 1.54) is 12.1 Å². The lowest BCUT2D eigenvalue weighted by Gasteiger charge is -2.09. The molecule has 4 N–H and O–H groups in total. The quantitative estimate of drug-likeness (QED) is 0.745. The van der Waals surface area contributed by atoms with Crippen LogP contribution in [0.15, 0.2) is 24.3 Å². The Labute approximate surface area is 115 Å². The summed E-state index contributed by atoms with van der Waals surface area (Å²) in [7, 11) is 0. The third kappa shape index (κ3) is 3.48. The van der Waals surface area contributed by atoms with Crippen LogP contribution in [-0.4, -0.2) is 41.1 Å². The summed E-state index contributed by atoms with van der Waals surface area (Å²) in [6.45, 7) is 0.953. The van der Waals surface area contributed by atoms with E-state index in [-0.39, 0.29) is 17.5 Å². The van der Waals surface area contributed by atoms with Crippen molar-refractivity contribution in [3.05, 3.63) is 29.8 Å². The van der Waals surface area contributed by atoms with Gasteiger partial charge in [-0.15, -0.1) is 0 Å². The van der Waals surface area contributed by atoms with Gasteiger partial charge in [-0.3, -0.25) is 4.79 Å². The van der Waals surface area contributed by atoms with Crippen LogP contribution >= 0.6 is 11.8 Å². The fourth-order valence-electron chi connectivity index (χ4n) is 2.16. The van der Waals surface area contributed by atoms with Gasteiger partial charge in [-0.1, -0.05) is 6.07 Å². The van der Waals surface area contributed by atoms with Crippen LogP contribution in [0.4, 0.5) is 5.69 Å². The van der Waals surface area contributed by atoms with Crippen LogP contribution < -0.4 is 10.6 Å². The molecule has 1 amide bonds. The number of hydrogen-bond donors (Lipinski definition) is 3. The SMILES string of the molecule is CS[C@@H]1C[NH2+][C@H](C(=O)Nc2cccc(C(=O)O)c2)C1. The van der Waals surface area contributed by atoms with Gasteiger partial charge in [0, 0.05) is 12.1 Å². The number of thioether (sulfide) groups is 1. The molecular formula is C13H17N2O3S+. The van der Waals surface area contributed by atoms with E-state index < -0.39 is 5.97 Å². The fraction of sp³-hybridized carbons (Fsp3) is 0.385. The average Bonchev–Trinajstić information content (AvgIpc) is 2.88. The second kappa shape index (κ2) is 6.08. The molecule has 1 heterocycles. The summed E-state index contributed by atoms with van der Waals surface area (Å²) in [5.41, 5.74) is 0.709. The van der Waals surface area contributed by atoms with Crippen LogP contribution in [0.2, 0.25) is 0 Å². The molecule has 6 heteroatoms. The summed E-state index contributed by atoms with van der Waals surface area (Å²) in [6.07, 6.45) is 2.90. The first-order valence-corrected chi connectivity index (χ1v) is 7.39. The monoisotopic (exact) mass is 281 g/mol. The number of rotatable bonds is 4. The van der Waals surface area contributed by atoms with Crippen LogP contribution in [0.1, 0.15) is 16.8 Å². The topological polar surface area (TPSA) is 83.0 Å². The molecule has 2 atom stereocenters. The van der Waals surface area contributed by atoms with E-state index in [4.69, 9.17) is 5.11 Å². The summed E-state index contributed by atoms with van der Waals surface area (Å²) in [4.78, 5) is 22.9. The minimum Gasteiger partial charge on any atom is -0.478 e. The van der Waals surface area contributed by atoms with E-state index in [2.05, 4.69) is 11.6 Å². The van der Waals surface area contributed by atoms with Crippen molar-refractivity contribution in [2.24, 2.45) is 0 Å². The van der Waals surface area contributed by atoms with E-state index in [9.17, 15) is 9.59 Å². The number of quaternary nitrogens is 1. The van der Waals surface area contributed by atoms with Crippen LogP contribution in [0.25, 0.3) is 0 Å². The summed E-state index contributed by atoms with van der Waals surface area (Å²) < 4.78 is 0. The number of nitrogens with two attached hydrogens (primary N) is 1. The number of nitrogens with one attached hydrogen (secondary N) is 1. The van der Waals surface area contributed by atoms with Crippen molar-refractivity contribution in [2.45, 2.75) is 17.7 Å². The molecule has 2 rings (SSSR count). The van der Waals surface area contributed by atoms with E-state index in [1.807, 2.05) is 5.32 Å². The van der Waals surface area contributed by atoms with Crippen molar-refractivity contribution < 1.29 is 20.0 Å². The zero-order valence-corrected chi connectivity index (χ0v) is 11.4. The van der Waals surface area contributed by atoms with Gasteiger partial charge in [0.1, 0.15) is 0 Å².